The average Bonchev–Trinajstić information content (AvgIpc) is 1.96. The van der Waals surface area contributed by atoms with Gasteiger partial charge in [0.25, 0.3) is 0 Å². The Morgan fingerprint density at radius 1 is 1.46 bits per heavy atom. The molecule has 0 saturated heterocycles. The molecule has 1 fully saturated rings. The van der Waals surface area contributed by atoms with Crippen molar-refractivity contribution in [2.75, 3.05) is 20.1 Å². The van der Waals surface area contributed by atoms with Crippen LogP contribution in [0.1, 0.15) is 33.1 Å². The SMILES string of the molecule is CN(CC1CCC1)CC(C)(C)C#N. The van der Waals surface area contributed by atoms with Crippen molar-refractivity contribution in [3.8, 4) is 6.07 Å². The van der Waals surface area contributed by atoms with Gasteiger partial charge in [-0.2, -0.15) is 5.26 Å². The van der Waals surface area contributed by atoms with Crippen LogP contribution in [0.15, 0.2) is 0 Å². The molecule has 0 radical (unpaired) electrons. The first kappa shape index (κ1) is 10.5. The van der Waals surface area contributed by atoms with Crippen molar-refractivity contribution in [3.05, 3.63) is 0 Å². The number of nitrogens with zero attached hydrogens (tertiary/aromatic N) is 2. The standard InChI is InChI=1S/C11H20N2/c1-11(2,8-12)9-13(3)7-10-5-4-6-10/h10H,4-7,9H2,1-3H3. The molecule has 0 N–H and O–H groups in total. The lowest BCUT2D eigenvalue weighted by molar-refractivity contribution is 0.175. The van der Waals surface area contributed by atoms with Gasteiger partial charge in [0.05, 0.1) is 11.5 Å². The molecule has 2 nitrogen and oxygen atoms in total. The summed E-state index contributed by atoms with van der Waals surface area (Å²) in [6.45, 7) is 6.07. The van der Waals surface area contributed by atoms with E-state index in [1.54, 1.807) is 0 Å². The van der Waals surface area contributed by atoms with E-state index in [9.17, 15) is 0 Å². The van der Waals surface area contributed by atoms with Crippen molar-refractivity contribution in [3.63, 3.8) is 0 Å². The smallest absolute Gasteiger partial charge is 0.0697 e. The van der Waals surface area contributed by atoms with Crippen molar-refractivity contribution in [1.29, 1.82) is 5.26 Å². The number of nitriles is 1. The maximum Gasteiger partial charge on any atom is 0.0697 e. The molecule has 0 aromatic rings. The molecule has 2 heteroatoms. The summed E-state index contributed by atoms with van der Waals surface area (Å²) in [4.78, 5) is 2.30. The summed E-state index contributed by atoms with van der Waals surface area (Å²) in [6.07, 6.45) is 4.18. The Kier molecular flexibility index (Phi) is 3.33. The molecule has 1 aliphatic carbocycles. The second kappa shape index (κ2) is 4.11. The van der Waals surface area contributed by atoms with Crippen LogP contribution in [0.5, 0.6) is 0 Å². The number of rotatable bonds is 4. The highest BCUT2D eigenvalue weighted by atomic mass is 15.1. The Bertz CT molecular complexity index is 199. The van der Waals surface area contributed by atoms with Crippen LogP contribution >= 0.6 is 0 Å². The molecule has 0 aliphatic heterocycles. The van der Waals surface area contributed by atoms with E-state index >= 15 is 0 Å². The Hall–Kier alpha value is -0.550. The van der Waals surface area contributed by atoms with Crippen molar-refractivity contribution in [2.24, 2.45) is 11.3 Å². The molecule has 0 bridgehead atoms. The summed E-state index contributed by atoms with van der Waals surface area (Å²) in [5.41, 5.74) is -0.196. The third kappa shape index (κ3) is 3.36. The summed E-state index contributed by atoms with van der Waals surface area (Å²) in [6, 6.07) is 2.34. The van der Waals surface area contributed by atoms with Crippen LogP contribution in [0, 0.1) is 22.7 Å². The highest BCUT2D eigenvalue weighted by molar-refractivity contribution is 4.93. The quantitative estimate of drug-likeness (QED) is 0.663. The Morgan fingerprint density at radius 3 is 2.46 bits per heavy atom. The first-order valence-corrected chi connectivity index (χ1v) is 5.13. The second-order valence-electron chi connectivity index (χ2n) is 4.99. The molecule has 1 aliphatic rings. The van der Waals surface area contributed by atoms with Gasteiger partial charge in [-0.25, -0.2) is 0 Å². The van der Waals surface area contributed by atoms with Gasteiger partial charge < -0.3 is 4.90 Å². The number of hydrogen-bond donors (Lipinski definition) is 0. The molecule has 1 rings (SSSR count). The highest BCUT2D eigenvalue weighted by Gasteiger charge is 2.23. The molecule has 1 saturated carbocycles. The summed E-state index contributed by atoms with van der Waals surface area (Å²) in [5, 5.41) is 8.87. The minimum atomic E-state index is -0.196. The molecule has 0 unspecified atom stereocenters. The monoisotopic (exact) mass is 180 g/mol. The molecular weight excluding hydrogens is 160 g/mol. The summed E-state index contributed by atoms with van der Waals surface area (Å²) in [5.74, 6) is 0.902. The lowest BCUT2D eigenvalue weighted by Gasteiger charge is -2.32. The molecule has 0 spiro atoms. The maximum absolute atomic E-state index is 8.87. The molecule has 0 heterocycles. The Balaban J connectivity index is 2.24. The average molecular weight is 180 g/mol. The van der Waals surface area contributed by atoms with E-state index in [0.29, 0.717) is 0 Å². The molecule has 0 aromatic heterocycles. The summed E-state index contributed by atoms with van der Waals surface area (Å²) >= 11 is 0. The normalized spacial score (nSPS) is 18.4. The van der Waals surface area contributed by atoms with E-state index in [1.165, 1.54) is 25.8 Å². The van der Waals surface area contributed by atoms with E-state index in [2.05, 4.69) is 18.0 Å². The minimum absolute atomic E-state index is 0.196. The van der Waals surface area contributed by atoms with Crippen molar-refractivity contribution >= 4 is 0 Å². The van der Waals surface area contributed by atoms with E-state index in [-0.39, 0.29) is 5.41 Å². The molecule has 0 aromatic carbocycles. The lowest BCUT2D eigenvalue weighted by atomic mass is 9.84. The molecule has 74 valence electrons. The predicted molar refractivity (Wildman–Crippen MR) is 54.2 cm³/mol. The van der Waals surface area contributed by atoms with Crippen LogP contribution in [0.25, 0.3) is 0 Å². The fraction of sp³-hybridized carbons (Fsp3) is 0.909. The molecular formula is C11H20N2. The van der Waals surface area contributed by atoms with Crippen LogP contribution in [0.3, 0.4) is 0 Å². The van der Waals surface area contributed by atoms with Gasteiger partial charge in [0, 0.05) is 13.1 Å². The second-order valence-corrected chi connectivity index (χ2v) is 4.99. The van der Waals surface area contributed by atoms with E-state index in [4.69, 9.17) is 5.26 Å². The van der Waals surface area contributed by atoms with Gasteiger partial charge in [0.15, 0.2) is 0 Å². The van der Waals surface area contributed by atoms with Gasteiger partial charge >= 0.3 is 0 Å². The molecule has 0 atom stereocenters. The minimum Gasteiger partial charge on any atom is -0.305 e. The van der Waals surface area contributed by atoms with Gasteiger partial charge in [-0.15, -0.1) is 0 Å². The fourth-order valence-electron chi connectivity index (χ4n) is 1.89. The van der Waals surface area contributed by atoms with Gasteiger partial charge in [-0.1, -0.05) is 6.42 Å². The maximum atomic E-state index is 8.87. The van der Waals surface area contributed by atoms with Crippen LogP contribution in [-0.2, 0) is 0 Å². The lowest BCUT2D eigenvalue weighted by Crippen LogP contribution is -2.35. The first-order valence-electron chi connectivity index (χ1n) is 5.13. The number of hydrogen-bond acceptors (Lipinski definition) is 2. The predicted octanol–water partition coefficient (Wildman–Crippen LogP) is 2.27. The van der Waals surface area contributed by atoms with Crippen LogP contribution in [-0.4, -0.2) is 25.0 Å². The van der Waals surface area contributed by atoms with Gasteiger partial charge in [-0.05, 0) is 39.7 Å². The van der Waals surface area contributed by atoms with Crippen molar-refractivity contribution in [1.82, 2.24) is 4.90 Å². The molecule has 13 heavy (non-hydrogen) atoms. The van der Waals surface area contributed by atoms with E-state index < -0.39 is 0 Å². The zero-order valence-electron chi connectivity index (χ0n) is 9.01. The van der Waals surface area contributed by atoms with Gasteiger partial charge in [0.1, 0.15) is 0 Å². The van der Waals surface area contributed by atoms with Crippen molar-refractivity contribution in [2.45, 2.75) is 33.1 Å². The van der Waals surface area contributed by atoms with Crippen LogP contribution in [0.2, 0.25) is 0 Å². The topological polar surface area (TPSA) is 27.0 Å². The van der Waals surface area contributed by atoms with Gasteiger partial charge in [-0.3, -0.25) is 0 Å². The summed E-state index contributed by atoms with van der Waals surface area (Å²) < 4.78 is 0. The van der Waals surface area contributed by atoms with E-state index in [1.807, 2.05) is 13.8 Å². The van der Waals surface area contributed by atoms with E-state index in [0.717, 1.165) is 12.5 Å². The van der Waals surface area contributed by atoms with Crippen LogP contribution in [0.4, 0.5) is 0 Å². The zero-order valence-corrected chi connectivity index (χ0v) is 9.01. The van der Waals surface area contributed by atoms with Crippen LogP contribution < -0.4 is 0 Å². The largest absolute Gasteiger partial charge is 0.305 e. The fourth-order valence-corrected chi connectivity index (χ4v) is 1.89. The third-order valence-electron chi connectivity index (χ3n) is 2.76. The summed E-state index contributed by atoms with van der Waals surface area (Å²) in [7, 11) is 2.12. The Morgan fingerprint density at radius 2 is 2.08 bits per heavy atom. The third-order valence-corrected chi connectivity index (χ3v) is 2.76. The Labute approximate surface area is 81.5 Å². The highest BCUT2D eigenvalue weighted by Crippen LogP contribution is 2.27. The van der Waals surface area contributed by atoms with Crippen molar-refractivity contribution < 1.29 is 0 Å². The first-order chi connectivity index (χ1) is 6.03. The van der Waals surface area contributed by atoms with Gasteiger partial charge in [0.2, 0.25) is 0 Å². The molecule has 0 amide bonds. The zero-order chi connectivity index (χ0) is 9.90.